The van der Waals surface area contributed by atoms with Gasteiger partial charge < -0.3 is 9.41 Å². The van der Waals surface area contributed by atoms with Gasteiger partial charge in [0.1, 0.15) is 0 Å². The Morgan fingerprint density at radius 2 is 0.404 bits per heavy atom. The van der Waals surface area contributed by atoms with Crippen molar-refractivity contribution < 1.29 is 70.9 Å². The van der Waals surface area contributed by atoms with Crippen molar-refractivity contribution in [3.8, 4) is 34.2 Å². The van der Waals surface area contributed by atoms with Crippen LogP contribution in [0.4, 0.5) is 42.0 Å². The number of aromatic nitrogens is 6. The number of halogens is 12. The van der Waals surface area contributed by atoms with E-state index in [1.807, 2.05) is 110 Å². The molecular formula is C36H36F12N6P2Ru. The minimum Gasteiger partial charge on any atom is -1.00 e. The summed E-state index contributed by atoms with van der Waals surface area (Å²) in [6, 6.07) is 24.2. The Bertz CT molecular complexity index is 1740. The van der Waals surface area contributed by atoms with Gasteiger partial charge >= 0.3 is 77.8 Å². The summed E-state index contributed by atoms with van der Waals surface area (Å²) in [4.78, 5) is 25.7. The van der Waals surface area contributed by atoms with Gasteiger partial charge in [0.05, 0.1) is 34.2 Å². The monoisotopic (exact) mass is 944 g/mol. The second kappa shape index (κ2) is 23.1. The van der Waals surface area contributed by atoms with Crippen LogP contribution in [0.3, 0.4) is 0 Å². The molecule has 0 aliphatic heterocycles. The van der Waals surface area contributed by atoms with E-state index in [0.717, 1.165) is 34.2 Å². The Morgan fingerprint density at radius 3 is 0.491 bits per heavy atom. The standard InChI is InChI=1S/3C12H12N2.2F5P.2FH.Ru/c3*1-9-3-5-13-11(7-9)12-8-10(2)4-6-14-12;2*1-6(2,3,4)5;;;/h3*3-8H,1-2H3;;;2*1H;/q;;;;;;;+2/p-2. The van der Waals surface area contributed by atoms with Gasteiger partial charge in [0.15, 0.2) is 0 Å². The van der Waals surface area contributed by atoms with Gasteiger partial charge in [-0.3, -0.25) is 29.9 Å². The topological polar surface area (TPSA) is 77.3 Å². The van der Waals surface area contributed by atoms with Gasteiger partial charge in [0, 0.05) is 37.2 Å². The Morgan fingerprint density at radius 1 is 0.298 bits per heavy atom. The van der Waals surface area contributed by atoms with E-state index in [4.69, 9.17) is 0 Å². The molecule has 6 aromatic rings. The van der Waals surface area contributed by atoms with Crippen molar-refractivity contribution in [1.82, 2.24) is 29.9 Å². The summed E-state index contributed by atoms with van der Waals surface area (Å²) < 4.78 is 98.4. The maximum atomic E-state index is 9.84. The Hall–Kier alpha value is -4.46. The van der Waals surface area contributed by atoms with Crippen LogP contribution in [0.5, 0.6) is 0 Å². The zero-order valence-electron chi connectivity index (χ0n) is 30.9. The van der Waals surface area contributed by atoms with Crippen LogP contribution < -0.4 is 9.41 Å². The molecule has 0 atom stereocenters. The Labute approximate surface area is 335 Å². The van der Waals surface area contributed by atoms with Crippen molar-refractivity contribution in [2.24, 2.45) is 0 Å². The molecular weight excluding hydrogens is 907 g/mol. The molecule has 0 amide bonds. The normalized spacial score (nSPS) is 11.5. The van der Waals surface area contributed by atoms with E-state index in [1.54, 1.807) is 0 Å². The molecule has 0 bridgehead atoms. The van der Waals surface area contributed by atoms with E-state index in [2.05, 4.69) is 71.4 Å². The number of pyridine rings is 6. The van der Waals surface area contributed by atoms with Crippen LogP contribution in [0.25, 0.3) is 34.2 Å². The number of aryl methyl sites for hydroxylation is 6. The summed E-state index contributed by atoms with van der Waals surface area (Å²) in [5.41, 5.74) is 12.9. The predicted molar refractivity (Wildman–Crippen MR) is 196 cm³/mol. The third-order valence-corrected chi connectivity index (χ3v) is 6.28. The Balaban J connectivity index is 0. The first kappa shape index (κ1) is 54.6. The number of hydrogen-bond acceptors (Lipinski definition) is 6. The largest absolute Gasteiger partial charge is 2.00 e. The summed E-state index contributed by atoms with van der Waals surface area (Å²) in [5.74, 6) is 0. The van der Waals surface area contributed by atoms with Crippen molar-refractivity contribution in [3.05, 3.63) is 143 Å². The third-order valence-electron chi connectivity index (χ3n) is 6.28. The van der Waals surface area contributed by atoms with Crippen LogP contribution in [0, 0.1) is 41.5 Å². The van der Waals surface area contributed by atoms with Gasteiger partial charge in [-0.2, -0.15) is 0 Å². The maximum Gasteiger partial charge on any atom is 2.00 e. The smallest absolute Gasteiger partial charge is 1.00 e. The molecule has 6 heterocycles. The fourth-order valence-corrected chi connectivity index (χ4v) is 4.06. The molecule has 312 valence electrons. The minimum absolute atomic E-state index is 0. The molecule has 57 heavy (non-hydrogen) atoms. The average Bonchev–Trinajstić information content (AvgIpc) is 3.03. The number of rotatable bonds is 3. The van der Waals surface area contributed by atoms with E-state index < -0.39 is 16.3 Å². The van der Waals surface area contributed by atoms with Crippen LogP contribution in [-0.4, -0.2) is 29.9 Å². The number of hydrogen-bond donors (Lipinski definition) is 0. The summed E-state index contributed by atoms with van der Waals surface area (Å²) in [6.45, 7) is 12.3. The van der Waals surface area contributed by atoms with Crippen molar-refractivity contribution in [3.63, 3.8) is 0 Å². The first-order valence-corrected chi connectivity index (χ1v) is 18.9. The molecule has 6 nitrogen and oxygen atoms in total. The van der Waals surface area contributed by atoms with E-state index in [-0.39, 0.29) is 28.9 Å². The molecule has 0 unspecified atom stereocenters. The van der Waals surface area contributed by atoms with Gasteiger partial charge in [0.25, 0.3) is 0 Å². The molecule has 0 N–H and O–H groups in total. The van der Waals surface area contributed by atoms with Crippen molar-refractivity contribution in [2.75, 3.05) is 0 Å². The number of nitrogens with zero attached hydrogens (tertiary/aromatic N) is 6. The van der Waals surface area contributed by atoms with E-state index in [1.165, 1.54) is 33.4 Å². The molecule has 0 aromatic carbocycles. The molecule has 0 saturated heterocycles. The molecule has 0 spiro atoms. The minimum atomic E-state index is -8.55. The van der Waals surface area contributed by atoms with Gasteiger partial charge in [-0.1, -0.05) is 0 Å². The summed E-state index contributed by atoms with van der Waals surface area (Å²) in [6.07, 6.45) is 10.9. The summed E-state index contributed by atoms with van der Waals surface area (Å²) in [5, 5.41) is 0. The van der Waals surface area contributed by atoms with Crippen LogP contribution in [0.15, 0.2) is 110 Å². The second-order valence-electron chi connectivity index (χ2n) is 11.6. The molecule has 0 fully saturated rings. The van der Waals surface area contributed by atoms with E-state index in [9.17, 15) is 42.0 Å². The van der Waals surface area contributed by atoms with Gasteiger partial charge in [-0.15, -0.1) is 0 Å². The fourth-order valence-electron chi connectivity index (χ4n) is 4.06. The van der Waals surface area contributed by atoms with E-state index >= 15 is 0 Å². The SMILES string of the molecule is Cc1ccnc(-c2cc(C)ccn2)c1.Cc1ccnc(-c2cc(C)ccn2)c1.Cc1ccnc(-c2cc(C)ccn2)c1.FP(F)(F)(F)F.FP(F)(F)(F)F.[F-].[F-].[Ru+2]. The zero-order valence-corrected chi connectivity index (χ0v) is 34.4. The summed E-state index contributed by atoms with van der Waals surface area (Å²) in [7, 11) is -17.1. The molecule has 0 saturated carbocycles. The van der Waals surface area contributed by atoms with Crippen LogP contribution in [-0.2, 0) is 19.5 Å². The quantitative estimate of drug-likeness (QED) is 0.101. The van der Waals surface area contributed by atoms with Crippen molar-refractivity contribution >= 4 is 16.3 Å². The second-order valence-corrected chi connectivity index (χ2v) is 14.1. The molecule has 0 radical (unpaired) electrons. The fraction of sp³-hybridized carbons (Fsp3) is 0.167. The Kier molecular flexibility index (Phi) is 22.1. The molecule has 6 rings (SSSR count). The van der Waals surface area contributed by atoms with Crippen LogP contribution >= 0.6 is 16.3 Å². The first-order valence-electron chi connectivity index (χ1n) is 15.5. The van der Waals surface area contributed by atoms with Crippen LogP contribution in [0.2, 0.25) is 0 Å². The van der Waals surface area contributed by atoms with Gasteiger partial charge in [0.2, 0.25) is 0 Å². The summed E-state index contributed by atoms with van der Waals surface area (Å²) >= 11 is 0. The molecule has 0 aliphatic carbocycles. The zero-order chi connectivity index (χ0) is 40.8. The van der Waals surface area contributed by atoms with Crippen LogP contribution in [0.1, 0.15) is 33.4 Å². The molecule has 6 aromatic heterocycles. The average molecular weight is 944 g/mol. The third kappa shape index (κ3) is 27.7. The predicted octanol–water partition coefficient (Wildman–Crippen LogP) is 8.21. The van der Waals surface area contributed by atoms with Crippen molar-refractivity contribution in [1.29, 1.82) is 0 Å². The van der Waals surface area contributed by atoms with Crippen molar-refractivity contribution in [2.45, 2.75) is 41.5 Å². The molecule has 21 heteroatoms. The molecule has 0 aliphatic rings. The van der Waals surface area contributed by atoms with Gasteiger partial charge in [-0.25, -0.2) is 0 Å². The van der Waals surface area contributed by atoms with Gasteiger partial charge in [-0.05, 0) is 148 Å². The maximum absolute atomic E-state index is 9.84. The first-order chi connectivity index (χ1) is 24.7. The van der Waals surface area contributed by atoms with E-state index in [0.29, 0.717) is 0 Å².